The van der Waals surface area contributed by atoms with Gasteiger partial charge >= 0.3 is 0 Å². The Morgan fingerprint density at radius 3 is 1.95 bits per heavy atom. The van der Waals surface area contributed by atoms with Crippen molar-refractivity contribution in [2.75, 3.05) is 4.90 Å². The number of allylic oxidation sites excluding steroid dienone is 2. The van der Waals surface area contributed by atoms with Gasteiger partial charge in [0, 0.05) is 0 Å². The van der Waals surface area contributed by atoms with Crippen LogP contribution in [-0.4, -0.2) is 11.8 Å². The molecule has 0 radical (unpaired) electrons. The average Bonchev–Trinajstić information content (AvgIpc) is 3.07. The smallest absolute Gasteiger partial charge is 0.238 e. The van der Waals surface area contributed by atoms with Gasteiger partial charge in [-0.3, -0.25) is 9.59 Å². The van der Waals surface area contributed by atoms with Crippen molar-refractivity contribution in [1.29, 1.82) is 0 Å². The van der Waals surface area contributed by atoms with Gasteiger partial charge in [-0.05, 0) is 43.2 Å². The maximum atomic E-state index is 12.8. The molecular formula is C17H17NO2. The van der Waals surface area contributed by atoms with E-state index in [0.29, 0.717) is 0 Å². The molecule has 3 heteroatoms. The summed E-state index contributed by atoms with van der Waals surface area (Å²) in [5, 5.41) is 0. The van der Waals surface area contributed by atoms with Crippen LogP contribution in [0, 0.1) is 37.5 Å². The second-order valence-electron chi connectivity index (χ2n) is 6.25. The van der Waals surface area contributed by atoms with Crippen LogP contribution < -0.4 is 4.90 Å². The van der Waals surface area contributed by atoms with Gasteiger partial charge in [0.05, 0.1) is 17.5 Å². The molecule has 2 amide bonds. The molecule has 0 N–H and O–H groups in total. The minimum atomic E-state index is -0.114. The number of imide groups is 1. The van der Waals surface area contributed by atoms with Crippen molar-refractivity contribution in [3.8, 4) is 0 Å². The van der Waals surface area contributed by atoms with Gasteiger partial charge in [0.1, 0.15) is 0 Å². The monoisotopic (exact) mass is 267 g/mol. The Hall–Kier alpha value is -1.90. The van der Waals surface area contributed by atoms with Gasteiger partial charge in [0.15, 0.2) is 0 Å². The molecule has 20 heavy (non-hydrogen) atoms. The van der Waals surface area contributed by atoms with E-state index in [1.54, 1.807) is 0 Å². The molecule has 2 aliphatic carbocycles. The van der Waals surface area contributed by atoms with Gasteiger partial charge in [-0.2, -0.15) is 0 Å². The van der Waals surface area contributed by atoms with E-state index < -0.39 is 0 Å². The first-order valence-electron chi connectivity index (χ1n) is 7.22. The van der Waals surface area contributed by atoms with Crippen LogP contribution in [0.3, 0.4) is 0 Å². The topological polar surface area (TPSA) is 37.4 Å². The van der Waals surface area contributed by atoms with Crippen molar-refractivity contribution in [3.05, 3.63) is 41.5 Å². The summed E-state index contributed by atoms with van der Waals surface area (Å²) in [5.41, 5.74) is 2.79. The number of carbonyl (C=O) groups is 2. The van der Waals surface area contributed by atoms with Crippen LogP contribution in [0.2, 0.25) is 0 Å². The van der Waals surface area contributed by atoms with Gasteiger partial charge in [-0.15, -0.1) is 0 Å². The standard InChI is InChI=1S/C17H17NO2/c1-9-4-3-5-10(2)15(9)18-16(19)13-11-6-7-12(8-11)14(13)17(18)20/h3-7,11-14H,8H2,1-2H3. The molecule has 4 rings (SSSR count). The number of carbonyl (C=O) groups excluding carboxylic acids is 2. The fraction of sp³-hybridized carbons (Fsp3) is 0.412. The van der Waals surface area contributed by atoms with Gasteiger partial charge in [0.2, 0.25) is 11.8 Å². The Morgan fingerprint density at radius 2 is 1.45 bits per heavy atom. The van der Waals surface area contributed by atoms with Gasteiger partial charge in [-0.25, -0.2) is 4.90 Å². The number of rotatable bonds is 1. The largest absolute Gasteiger partial charge is 0.274 e. The third kappa shape index (κ3) is 1.30. The summed E-state index contributed by atoms with van der Waals surface area (Å²) in [7, 11) is 0. The van der Waals surface area contributed by atoms with E-state index in [-0.39, 0.29) is 35.5 Å². The lowest BCUT2D eigenvalue weighted by Crippen LogP contribution is -2.34. The second-order valence-corrected chi connectivity index (χ2v) is 6.25. The molecule has 3 aliphatic rings. The Labute approximate surface area is 118 Å². The summed E-state index contributed by atoms with van der Waals surface area (Å²) < 4.78 is 0. The Morgan fingerprint density at radius 1 is 0.950 bits per heavy atom. The van der Waals surface area contributed by atoms with Crippen LogP contribution in [0.25, 0.3) is 0 Å². The van der Waals surface area contributed by atoms with Crippen molar-refractivity contribution >= 4 is 17.5 Å². The highest BCUT2D eigenvalue weighted by Crippen LogP contribution is 2.53. The summed E-state index contributed by atoms with van der Waals surface area (Å²) in [6.07, 6.45) is 5.24. The van der Waals surface area contributed by atoms with E-state index in [1.807, 2.05) is 32.0 Å². The summed E-state index contributed by atoms with van der Waals surface area (Å²) in [6.45, 7) is 3.92. The van der Waals surface area contributed by atoms with Gasteiger partial charge in [-0.1, -0.05) is 30.4 Å². The zero-order valence-corrected chi connectivity index (χ0v) is 11.7. The molecular weight excluding hydrogens is 250 g/mol. The predicted octanol–water partition coefficient (Wildman–Crippen LogP) is 2.61. The Bertz CT molecular complexity index is 611. The zero-order valence-electron chi connectivity index (χ0n) is 11.7. The average molecular weight is 267 g/mol. The molecule has 1 aromatic carbocycles. The minimum absolute atomic E-state index is 0.00856. The minimum Gasteiger partial charge on any atom is -0.274 e. The number of hydrogen-bond donors (Lipinski definition) is 0. The van der Waals surface area contributed by atoms with Crippen LogP contribution in [0.15, 0.2) is 30.4 Å². The highest BCUT2D eigenvalue weighted by molar-refractivity contribution is 6.23. The molecule has 4 unspecified atom stereocenters. The fourth-order valence-electron chi connectivity index (χ4n) is 4.28. The summed E-state index contributed by atoms with van der Waals surface area (Å²) >= 11 is 0. The predicted molar refractivity (Wildman–Crippen MR) is 76.1 cm³/mol. The van der Waals surface area contributed by atoms with Crippen molar-refractivity contribution in [3.63, 3.8) is 0 Å². The Balaban J connectivity index is 1.82. The maximum absolute atomic E-state index is 12.8. The van der Waals surface area contributed by atoms with Crippen LogP contribution in [0.1, 0.15) is 17.5 Å². The number of benzene rings is 1. The second kappa shape index (κ2) is 3.81. The molecule has 102 valence electrons. The number of aryl methyl sites for hydroxylation is 2. The molecule has 1 saturated carbocycles. The molecule has 1 heterocycles. The van der Waals surface area contributed by atoms with Crippen molar-refractivity contribution in [2.45, 2.75) is 20.3 Å². The molecule has 3 nitrogen and oxygen atoms in total. The molecule has 2 bridgehead atoms. The first-order valence-corrected chi connectivity index (χ1v) is 7.22. The summed E-state index contributed by atoms with van der Waals surface area (Å²) in [4.78, 5) is 27.0. The zero-order chi connectivity index (χ0) is 14.0. The van der Waals surface area contributed by atoms with Crippen LogP contribution >= 0.6 is 0 Å². The van der Waals surface area contributed by atoms with E-state index in [2.05, 4.69) is 12.2 Å². The molecule has 1 aromatic rings. The molecule has 1 saturated heterocycles. The fourth-order valence-corrected chi connectivity index (χ4v) is 4.28. The van der Waals surface area contributed by atoms with E-state index in [9.17, 15) is 9.59 Å². The number of nitrogens with zero attached hydrogens (tertiary/aromatic N) is 1. The lowest BCUT2D eigenvalue weighted by Gasteiger charge is -2.21. The van der Waals surface area contributed by atoms with Crippen LogP contribution in [0.4, 0.5) is 5.69 Å². The third-order valence-corrected chi connectivity index (χ3v) is 5.13. The van der Waals surface area contributed by atoms with Crippen molar-refractivity contribution in [2.24, 2.45) is 23.7 Å². The maximum Gasteiger partial charge on any atom is 0.238 e. The van der Waals surface area contributed by atoms with Crippen molar-refractivity contribution < 1.29 is 9.59 Å². The Kier molecular flexibility index (Phi) is 2.27. The van der Waals surface area contributed by atoms with E-state index >= 15 is 0 Å². The molecule has 1 aliphatic heterocycles. The first-order chi connectivity index (χ1) is 9.59. The molecule has 0 aromatic heterocycles. The van der Waals surface area contributed by atoms with Crippen LogP contribution in [0.5, 0.6) is 0 Å². The van der Waals surface area contributed by atoms with Crippen molar-refractivity contribution in [1.82, 2.24) is 0 Å². The highest BCUT2D eigenvalue weighted by atomic mass is 16.2. The molecule has 2 fully saturated rings. The highest BCUT2D eigenvalue weighted by Gasteiger charge is 2.59. The quantitative estimate of drug-likeness (QED) is 0.579. The summed E-state index contributed by atoms with van der Waals surface area (Å²) in [6, 6.07) is 5.89. The lowest BCUT2D eigenvalue weighted by molar-refractivity contribution is -0.123. The van der Waals surface area contributed by atoms with E-state index in [1.165, 1.54) is 4.90 Å². The normalized spacial score (nSPS) is 34.2. The molecule has 4 atom stereocenters. The molecule has 0 spiro atoms. The van der Waals surface area contributed by atoms with E-state index in [4.69, 9.17) is 0 Å². The van der Waals surface area contributed by atoms with E-state index in [0.717, 1.165) is 23.2 Å². The number of hydrogen-bond acceptors (Lipinski definition) is 2. The third-order valence-electron chi connectivity index (χ3n) is 5.13. The number of amides is 2. The number of para-hydroxylation sites is 1. The summed E-state index contributed by atoms with van der Waals surface area (Å²) in [5.74, 6) is 0.336. The van der Waals surface area contributed by atoms with Gasteiger partial charge in [0.25, 0.3) is 0 Å². The van der Waals surface area contributed by atoms with Crippen LogP contribution in [-0.2, 0) is 9.59 Å². The first kappa shape index (κ1) is 11.9. The SMILES string of the molecule is Cc1cccc(C)c1N1C(=O)C2C3C=CC(C3)C2C1=O. The lowest BCUT2D eigenvalue weighted by atomic mass is 9.85. The number of anilines is 1. The number of fused-ring (bicyclic) bond motifs is 5. The van der Waals surface area contributed by atoms with Gasteiger partial charge < -0.3 is 0 Å².